The summed E-state index contributed by atoms with van der Waals surface area (Å²) in [6.07, 6.45) is -0.189. The van der Waals surface area contributed by atoms with E-state index >= 15 is 0 Å². The minimum Gasteiger partial charge on any atom is -0.469 e. The van der Waals surface area contributed by atoms with Gasteiger partial charge in [-0.05, 0) is 61.5 Å². The summed E-state index contributed by atoms with van der Waals surface area (Å²) in [5.74, 6) is 0.0647. The molecule has 0 unspecified atom stereocenters. The van der Waals surface area contributed by atoms with Gasteiger partial charge < -0.3 is 9.47 Å². The highest BCUT2D eigenvalue weighted by molar-refractivity contribution is 6.31. The summed E-state index contributed by atoms with van der Waals surface area (Å²) in [6.45, 7) is 1.65. The van der Waals surface area contributed by atoms with Crippen molar-refractivity contribution in [3.05, 3.63) is 105 Å². The Morgan fingerprint density at radius 1 is 1.09 bits per heavy atom. The van der Waals surface area contributed by atoms with Crippen LogP contribution in [0.15, 0.2) is 82.6 Å². The molecule has 0 aliphatic rings. The normalized spacial score (nSPS) is 11.4. The smallest absolute Gasteiger partial charge is 0.311 e. The van der Waals surface area contributed by atoms with Crippen LogP contribution in [0.1, 0.15) is 18.2 Å². The van der Waals surface area contributed by atoms with E-state index in [9.17, 15) is 14.0 Å². The zero-order valence-corrected chi connectivity index (χ0v) is 19.7. The summed E-state index contributed by atoms with van der Waals surface area (Å²) in [5.41, 5.74) is 1.16. The molecular formula is C26H21ClFN3O4. The van der Waals surface area contributed by atoms with Crippen molar-refractivity contribution >= 4 is 29.0 Å². The number of para-hydroxylation sites is 1. The van der Waals surface area contributed by atoms with Crippen LogP contribution >= 0.6 is 11.6 Å². The van der Waals surface area contributed by atoms with Gasteiger partial charge in [0.25, 0.3) is 5.56 Å². The first-order valence-electron chi connectivity index (χ1n) is 10.6. The third-order valence-electron chi connectivity index (χ3n) is 5.14. The van der Waals surface area contributed by atoms with Crippen LogP contribution in [-0.2, 0) is 16.0 Å². The second-order valence-electron chi connectivity index (χ2n) is 7.56. The topological polar surface area (TPSA) is 85.7 Å². The Hall–Kier alpha value is -4.17. The molecule has 3 aromatic carbocycles. The lowest BCUT2D eigenvalue weighted by Crippen LogP contribution is -2.20. The second kappa shape index (κ2) is 10.4. The van der Waals surface area contributed by atoms with Crippen molar-refractivity contribution in [2.24, 2.45) is 4.99 Å². The SMILES string of the molecule is COC(=O)Cc1[nH]n(-c2ccc(F)cc2)c(=O)c1C(C)=Nc1cc(Cl)ccc1Oc1ccccc1. The van der Waals surface area contributed by atoms with E-state index in [0.29, 0.717) is 39.3 Å². The number of benzene rings is 3. The van der Waals surface area contributed by atoms with Gasteiger partial charge in [-0.3, -0.25) is 14.7 Å². The fraction of sp³-hybridized carbons (Fsp3) is 0.115. The van der Waals surface area contributed by atoms with Gasteiger partial charge in [0, 0.05) is 5.02 Å². The average molecular weight is 494 g/mol. The predicted octanol–water partition coefficient (Wildman–Crippen LogP) is 5.61. The number of rotatable bonds is 7. The van der Waals surface area contributed by atoms with Crippen molar-refractivity contribution in [1.82, 2.24) is 9.78 Å². The van der Waals surface area contributed by atoms with Crippen molar-refractivity contribution in [2.45, 2.75) is 13.3 Å². The lowest BCUT2D eigenvalue weighted by Gasteiger charge is -2.10. The predicted molar refractivity (Wildman–Crippen MR) is 132 cm³/mol. The van der Waals surface area contributed by atoms with E-state index < -0.39 is 17.3 Å². The van der Waals surface area contributed by atoms with Crippen LogP contribution in [0.3, 0.4) is 0 Å². The molecule has 1 heterocycles. The van der Waals surface area contributed by atoms with E-state index in [1.54, 1.807) is 37.3 Å². The van der Waals surface area contributed by atoms with Gasteiger partial charge in [-0.15, -0.1) is 0 Å². The minimum atomic E-state index is -0.539. The number of halogens is 2. The van der Waals surface area contributed by atoms with Crippen LogP contribution in [-0.4, -0.2) is 28.6 Å². The van der Waals surface area contributed by atoms with Crippen LogP contribution < -0.4 is 10.3 Å². The molecule has 1 aromatic heterocycles. The van der Waals surface area contributed by atoms with Gasteiger partial charge >= 0.3 is 5.97 Å². The zero-order chi connectivity index (χ0) is 24.9. The fourth-order valence-corrected chi connectivity index (χ4v) is 3.65. The van der Waals surface area contributed by atoms with Crippen molar-refractivity contribution < 1.29 is 18.7 Å². The first kappa shape index (κ1) is 24.0. The molecule has 178 valence electrons. The van der Waals surface area contributed by atoms with Gasteiger partial charge in [-0.2, -0.15) is 0 Å². The molecule has 35 heavy (non-hydrogen) atoms. The highest BCUT2D eigenvalue weighted by Gasteiger charge is 2.21. The van der Waals surface area contributed by atoms with Gasteiger partial charge in [-0.1, -0.05) is 29.8 Å². The third kappa shape index (κ3) is 5.50. The Morgan fingerprint density at radius 2 is 1.80 bits per heavy atom. The van der Waals surface area contributed by atoms with E-state index in [4.69, 9.17) is 21.1 Å². The highest BCUT2D eigenvalue weighted by atomic mass is 35.5. The highest BCUT2D eigenvalue weighted by Crippen LogP contribution is 2.34. The van der Waals surface area contributed by atoms with Crippen molar-refractivity contribution in [3.63, 3.8) is 0 Å². The first-order chi connectivity index (χ1) is 16.9. The Morgan fingerprint density at radius 3 is 2.49 bits per heavy atom. The van der Waals surface area contributed by atoms with Gasteiger partial charge in [0.05, 0.1) is 36.2 Å². The molecule has 4 rings (SSSR count). The number of hydrogen-bond acceptors (Lipinski definition) is 5. The van der Waals surface area contributed by atoms with E-state index in [1.807, 2.05) is 18.2 Å². The van der Waals surface area contributed by atoms with E-state index in [0.717, 1.165) is 0 Å². The molecule has 0 aliphatic carbocycles. The molecule has 0 saturated heterocycles. The van der Waals surface area contributed by atoms with Crippen LogP contribution in [0.5, 0.6) is 11.5 Å². The lowest BCUT2D eigenvalue weighted by atomic mass is 10.1. The maximum atomic E-state index is 13.4. The summed E-state index contributed by atoms with van der Waals surface area (Å²) < 4.78 is 25.4. The van der Waals surface area contributed by atoms with Gasteiger partial charge in [-0.25, -0.2) is 14.1 Å². The van der Waals surface area contributed by atoms with Crippen LogP contribution in [0.4, 0.5) is 10.1 Å². The minimum absolute atomic E-state index is 0.186. The van der Waals surface area contributed by atoms with Crippen molar-refractivity contribution in [3.8, 4) is 17.2 Å². The summed E-state index contributed by atoms with van der Waals surface area (Å²) in [4.78, 5) is 30.0. The zero-order valence-electron chi connectivity index (χ0n) is 18.9. The number of carbonyl (C=O) groups is 1. The standard InChI is InChI=1S/C26H21ClFN3O4/c1-16(29-21-14-17(27)8-13-23(21)35-20-6-4-3-5-7-20)25-22(15-24(32)34-2)30-31(26(25)33)19-11-9-18(28)10-12-19/h3-14,30H,15H2,1-2H3. The van der Waals surface area contributed by atoms with E-state index in [-0.39, 0.29) is 12.0 Å². The number of H-pyrrole nitrogens is 1. The van der Waals surface area contributed by atoms with Gasteiger partial charge in [0.15, 0.2) is 5.75 Å². The second-order valence-corrected chi connectivity index (χ2v) is 8.00. The maximum absolute atomic E-state index is 13.4. The summed E-state index contributed by atoms with van der Waals surface area (Å²) >= 11 is 6.21. The van der Waals surface area contributed by atoms with Crippen LogP contribution in [0.2, 0.25) is 5.02 Å². The number of aromatic amines is 1. The molecule has 0 radical (unpaired) electrons. The number of nitrogens with zero attached hydrogens (tertiary/aromatic N) is 2. The lowest BCUT2D eigenvalue weighted by molar-refractivity contribution is -0.139. The largest absolute Gasteiger partial charge is 0.469 e. The molecule has 0 saturated carbocycles. The number of aromatic nitrogens is 2. The number of carbonyl (C=O) groups excluding carboxylic acids is 1. The number of hydrogen-bond donors (Lipinski definition) is 1. The molecule has 0 atom stereocenters. The van der Waals surface area contributed by atoms with E-state index in [1.165, 1.54) is 36.1 Å². The number of methoxy groups -OCH3 is 1. The molecule has 0 spiro atoms. The Labute approximate surface area is 205 Å². The van der Waals surface area contributed by atoms with Gasteiger partial charge in [0.1, 0.15) is 17.3 Å². The number of esters is 1. The van der Waals surface area contributed by atoms with Crippen molar-refractivity contribution in [2.75, 3.05) is 7.11 Å². The molecule has 4 aromatic rings. The van der Waals surface area contributed by atoms with E-state index in [2.05, 4.69) is 10.1 Å². The molecule has 0 amide bonds. The quantitative estimate of drug-likeness (QED) is 0.268. The van der Waals surface area contributed by atoms with Crippen LogP contribution in [0, 0.1) is 5.82 Å². The van der Waals surface area contributed by atoms with Crippen molar-refractivity contribution in [1.29, 1.82) is 0 Å². The Kier molecular flexibility index (Phi) is 7.12. The fourth-order valence-electron chi connectivity index (χ4n) is 3.49. The molecule has 1 N–H and O–H groups in total. The Balaban J connectivity index is 1.81. The average Bonchev–Trinajstić information content (AvgIpc) is 3.17. The van der Waals surface area contributed by atoms with Gasteiger partial charge in [0.2, 0.25) is 0 Å². The third-order valence-corrected chi connectivity index (χ3v) is 5.38. The monoisotopic (exact) mass is 493 g/mol. The molecule has 0 aliphatic heterocycles. The molecule has 0 fully saturated rings. The Bertz CT molecular complexity index is 1440. The maximum Gasteiger partial charge on any atom is 0.311 e. The summed E-state index contributed by atoms with van der Waals surface area (Å²) in [5, 5.41) is 3.36. The molecular weight excluding hydrogens is 473 g/mol. The first-order valence-corrected chi connectivity index (χ1v) is 11.0. The summed E-state index contributed by atoms with van der Waals surface area (Å²) in [7, 11) is 1.26. The number of aliphatic imine (C=N–C) groups is 1. The number of nitrogens with one attached hydrogen (secondary N) is 1. The molecule has 9 heteroatoms. The number of ether oxygens (including phenoxy) is 2. The molecule has 7 nitrogen and oxygen atoms in total. The van der Waals surface area contributed by atoms with Crippen LogP contribution in [0.25, 0.3) is 5.69 Å². The summed E-state index contributed by atoms with van der Waals surface area (Å²) in [6, 6.07) is 19.5. The molecule has 0 bridgehead atoms.